The van der Waals surface area contributed by atoms with Crippen molar-refractivity contribution in [2.75, 3.05) is 14.2 Å². The van der Waals surface area contributed by atoms with Crippen LogP contribution >= 0.6 is 0 Å². The lowest BCUT2D eigenvalue weighted by atomic mass is 9.84. The molecule has 0 heterocycles. The van der Waals surface area contributed by atoms with Crippen LogP contribution in [0.5, 0.6) is 11.5 Å². The number of aliphatic hydroxyl groups excluding tert-OH is 1. The van der Waals surface area contributed by atoms with Crippen molar-refractivity contribution in [2.24, 2.45) is 5.92 Å². The van der Waals surface area contributed by atoms with Crippen LogP contribution in [-0.2, 0) is 8.85 Å². The first-order valence-electron chi connectivity index (χ1n) is 9.88. The van der Waals surface area contributed by atoms with Crippen LogP contribution in [0.15, 0.2) is 60.7 Å². The van der Waals surface area contributed by atoms with E-state index in [9.17, 15) is 5.11 Å². The fraction of sp³-hybridized carbons (Fsp3) is 0.455. The molecule has 6 heteroatoms. The predicted octanol–water partition coefficient (Wildman–Crippen LogP) is 4.30. The molecule has 1 N–H and O–H groups in total. The van der Waals surface area contributed by atoms with E-state index in [4.69, 9.17) is 18.0 Å². The van der Waals surface area contributed by atoms with Crippen LogP contribution in [0.4, 0.5) is 0 Å². The van der Waals surface area contributed by atoms with Gasteiger partial charge in [-0.3, -0.25) is 0 Å². The Morgan fingerprint density at radius 2 is 1.50 bits per heavy atom. The van der Waals surface area contributed by atoms with Crippen molar-refractivity contribution in [3.05, 3.63) is 60.7 Å². The number of para-hydroxylation sites is 2. The number of hydrogen-bond donors (Lipinski definition) is 1. The summed E-state index contributed by atoms with van der Waals surface area (Å²) < 4.78 is 23.7. The number of benzene rings is 2. The second kappa shape index (κ2) is 10.1. The van der Waals surface area contributed by atoms with Gasteiger partial charge in [0, 0.05) is 20.3 Å². The van der Waals surface area contributed by atoms with E-state index in [-0.39, 0.29) is 6.10 Å². The number of hydrogen-bond acceptors (Lipinski definition) is 5. The van der Waals surface area contributed by atoms with Crippen molar-refractivity contribution in [1.29, 1.82) is 0 Å². The zero-order valence-electron chi connectivity index (χ0n) is 16.6. The highest BCUT2D eigenvalue weighted by Gasteiger charge is 2.43. The molecule has 152 valence electrons. The Morgan fingerprint density at radius 3 is 2.11 bits per heavy atom. The molecule has 0 aromatic heterocycles. The Hall–Kier alpha value is -1.86. The highest BCUT2D eigenvalue weighted by Crippen LogP contribution is 2.33. The Bertz CT molecular complexity index is 693. The average Bonchev–Trinajstić information content (AvgIpc) is 2.75. The second-order valence-electron chi connectivity index (χ2n) is 7.26. The molecule has 0 aliphatic heterocycles. The molecule has 28 heavy (non-hydrogen) atoms. The molecule has 3 rings (SSSR count). The Kier molecular flexibility index (Phi) is 7.50. The zero-order valence-corrected chi connectivity index (χ0v) is 17.6. The van der Waals surface area contributed by atoms with Gasteiger partial charge in [0.1, 0.15) is 17.6 Å². The van der Waals surface area contributed by atoms with Gasteiger partial charge in [-0.2, -0.15) is 0 Å². The predicted molar refractivity (Wildman–Crippen MR) is 110 cm³/mol. The maximum atomic E-state index is 10.4. The normalized spacial score (nSPS) is 22.6. The topological polar surface area (TPSA) is 57.2 Å². The van der Waals surface area contributed by atoms with Crippen LogP contribution in [0.3, 0.4) is 0 Å². The SMILES string of the molecule is CO[Si](CCC1CCC(O)C(Oc2ccccc2)C1)(OC)Oc1ccccc1. The third-order valence-corrected chi connectivity index (χ3v) is 8.09. The summed E-state index contributed by atoms with van der Waals surface area (Å²) in [5.41, 5.74) is 0. The molecule has 0 radical (unpaired) electrons. The minimum absolute atomic E-state index is 0.183. The van der Waals surface area contributed by atoms with E-state index in [1.54, 1.807) is 14.2 Å². The van der Waals surface area contributed by atoms with E-state index >= 15 is 0 Å². The average molecular weight is 403 g/mol. The first kappa shape index (κ1) is 20.9. The van der Waals surface area contributed by atoms with E-state index in [0.29, 0.717) is 5.92 Å². The van der Waals surface area contributed by atoms with Crippen LogP contribution in [0.25, 0.3) is 0 Å². The van der Waals surface area contributed by atoms with Crippen molar-refractivity contribution in [1.82, 2.24) is 0 Å². The van der Waals surface area contributed by atoms with Crippen molar-refractivity contribution in [3.8, 4) is 11.5 Å². The van der Waals surface area contributed by atoms with Crippen molar-refractivity contribution in [3.63, 3.8) is 0 Å². The van der Waals surface area contributed by atoms with Crippen LogP contribution in [-0.4, -0.2) is 40.3 Å². The number of aliphatic hydroxyl groups is 1. The zero-order chi connectivity index (χ0) is 19.8. The van der Waals surface area contributed by atoms with Crippen molar-refractivity contribution >= 4 is 8.80 Å². The first-order chi connectivity index (χ1) is 13.6. The summed E-state index contributed by atoms with van der Waals surface area (Å²) in [5, 5.41) is 10.4. The summed E-state index contributed by atoms with van der Waals surface area (Å²) in [6.07, 6.45) is 2.85. The summed E-state index contributed by atoms with van der Waals surface area (Å²) in [6.45, 7) is 0. The van der Waals surface area contributed by atoms with E-state index < -0.39 is 14.9 Å². The molecule has 1 fully saturated rings. The van der Waals surface area contributed by atoms with Crippen LogP contribution in [0.2, 0.25) is 6.04 Å². The van der Waals surface area contributed by atoms with E-state index in [2.05, 4.69) is 0 Å². The second-order valence-corrected chi connectivity index (χ2v) is 10.1. The minimum atomic E-state index is -2.78. The van der Waals surface area contributed by atoms with E-state index in [1.807, 2.05) is 60.7 Å². The van der Waals surface area contributed by atoms with Gasteiger partial charge in [-0.15, -0.1) is 0 Å². The maximum Gasteiger partial charge on any atom is 0.565 e. The highest BCUT2D eigenvalue weighted by atomic mass is 28.4. The Labute approximate surface area is 168 Å². The fourth-order valence-corrected chi connectivity index (χ4v) is 5.83. The van der Waals surface area contributed by atoms with Crippen LogP contribution in [0, 0.1) is 5.92 Å². The molecule has 2 aromatic rings. The van der Waals surface area contributed by atoms with Gasteiger partial charge in [-0.25, -0.2) is 0 Å². The third-order valence-electron chi connectivity index (χ3n) is 5.39. The molecule has 3 unspecified atom stereocenters. The molecule has 1 aliphatic rings. The van der Waals surface area contributed by atoms with E-state index in [1.165, 1.54) is 0 Å². The number of rotatable bonds is 9. The summed E-state index contributed by atoms with van der Waals surface area (Å²) in [5.74, 6) is 2.01. The summed E-state index contributed by atoms with van der Waals surface area (Å²) in [7, 11) is 0.530. The Morgan fingerprint density at radius 1 is 0.893 bits per heavy atom. The smallest absolute Gasteiger partial charge is 0.501 e. The molecular weight excluding hydrogens is 372 g/mol. The third kappa shape index (κ3) is 5.58. The molecule has 0 spiro atoms. The molecule has 5 nitrogen and oxygen atoms in total. The molecule has 0 amide bonds. The Balaban J connectivity index is 1.58. The van der Waals surface area contributed by atoms with Gasteiger partial charge < -0.3 is 23.1 Å². The maximum absolute atomic E-state index is 10.4. The fourth-order valence-electron chi connectivity index (χ4n) is 3.73. The standard InChI is InChI=1S/C22H30O5Si/c1-24-28(25-2,27-20-11-7-4-8-12-20)16-15-18-13-14-21(23)22(17-18)26-19-9-5-3-6-10-19/h3-12,18,21-23H,13-17H2,1-2H3. The summed E-state index contributed by atoms with van der Waals surface area (Å²) in [4.78, 5) is 0. The molecule has 2 aromatic carbocycles. The molecular formula is C22H30O5Si. The van der Waals surface area contributed by atoms with Gasteiger partial charge in [0.25, 0.3) is 0 Å². The summed E-state index contributed by atoms with van der Waals surface area (Å²) in [6, 6.07) is 20.1. The molecule has 0 bridgehead atoms. The van der Waals surface area contributed by atoms with Crippen LogP contribution < -0.4 is 9.16 Å². The van der Waals surface area contributed by atoms with Gasteiger partial charge in [0.15, 0.2) is 0 Å². The largest absolute Gasteiger partial charge is 0.565 e. The molecule has 3 atom stereocenters. The van der Waals surface area contributed by atoms with Crippen molar-refractivity contribution in [2.45, 2.75) is 43.9 Å². The van der Waals surface area contributed by atoms with E-state index in [0.717, 1.165) is 43.2 Å². The van der Waals surface area contributed by atoms with Gasteiger partial charge in [0.05, 0.1) is 6.10 Å². The molecule has 1 aliphatic carbocycles. The molecule has 0 saturated heterocycles. The quantitative estimate of drug-likeness (QED) is 0.634. The van der Waals surface area contributed by atoms with Gasteiger partial charge >= 0.3 is 8.80 Å². The van der Waals surface area contributed by atoms with Crippen LogP contribution in [0.1, 0.15) is 25.7 Å². The lowest BCUT2D eigenvalue weighted by molar-refractivity contribution is -0.0115. The van der Waals surface area contributed by atoms with Gasteiger partial charge in [-0.05, 0) is 55.9 Å². The lowest BCUT2D eigenvalue weighted by Crippen LogP contribution is -2.47. The molecule has 1 saturated carbocycles. The van der Waals surface area contributed by atoms with Gasteiger partial charge in [0.2, 0.25) is 0 Å². The van der Waals surface area contributed by atoms with Gasteiger partial charge in [-0.1, -0.05) is 36.4 Å². The number of ether oxygens (including phenoxy) is 1. The first-order valence-corrected chi connectivity index (χ1v) is 11.8. The minimum Gasteiger partial charge on any atom is -0.501 e. The monoisotopic (exact) mass is 402 g/mol. The summed E-state index contributed by atoms with van der Waals surface area (Å²) >= 11 is 0. The highest BCUT2D eigenvalue weighted by molar-refractivity contribution is 6.61. The van der Waals surface area contributed by atoms with Crippen molar-refractivity contribution < 1.29 is 23.1 Å². The lowest BCUT2D eigenvalue weighted by Gasteiger charge is -2.35.